The van der Waals surface area contributed by atoms with Crippen LogP contribution in [0.5, 0.6) is 0 Å². The molecule has 2 aromatic rings. The number of hydrogen-bond acceptors (Lipinski definition) is 2. The Kier molecular flexibility index (Phi) is 3.57. The van der Waals surface area contributed by atoms with Gasteiger partial charge in [-0.15, -0.1) is 6.42 Å². The number of carbonyl (C=O) groups excluding carboxylic acids is 1. The van der Waals surface area contributed by atoms with Crippen molar-refractivity contribution in [1.29, 1.82) is 0 Å². The predicted molar refractivity (Wildman–Crippen MR) is 75.7 cm³/mol. The Balaban J connectivity index is 2.33. The highest BCUT2D eigenvalue weighted by molar-refractivity contribution is 6.05. The van der Waals surface area contributed by atoms with E-state index in [9.17, 15) is 4.79 Å². The Morgan fingerprint density at radius 2 is 2.11 bits per heavy atom. The Labute approximate surface area is 112 Å². The second-order valence-corrected chi connectivity index (χ2v) is 4.51. The number of carbonyl (C=O) groups is 1. The molecule has 0 unspecified atom stereocenters. The van der Waals surface area contributed by atoms with E-state index in [1.165, 1.54) is 0 Å². The quantitative estimate of drug-likeness (QED) is 0.825. The maximum atomic E-state index is 12.3. The second-order valence-electron chi connectivity index (χ2n) is 4.51. The zero-order valence-electron chi connectivity index (χ0n) is 11.2. The van der Waals surface area contributed by atoms with Crippen molar-refractivity contribution in [3.63, 3.8) is 0 Å². The Morgan fingerprint density at radius 3 is 2.74 bits per heavy atom. The molecule has 0 radical (unpaired) electrons. The van der Waals surface area contributed by atoms with Gasteiger partial charge in [0, 0.05) is 5.39 Å². The van der Waals surface area contributed by atoms with Gasteiger partial charge in [0.05, 0.1) is 5.52 Å². The predicted octanol–water partition coefficient (Wildman–Crippen LogP) is 2.48. The van der Waals surface area contributed by atoms with E-state index >= 15 is 0 Å². The number of hydrogen-bond donors (Lipinski definition) is 2. The average molecular weight is 255 g/mol. The van der Waals surface area contributed by atoms with Crippen LogP contribution in [0.4, 0.5) is 0 Å². The van der Waals surface area contributed by atoms with Gasteiger partial charge in [-0.3, -0.25) is 9.89 Å². The number of aromatic amines is 1. The van der Waals surface area contributed by atoms with Gasteiger partial charge in [-0.2, -0.15) is 5.10 Å². The van der Waals surface area contributed by atoms with Crippen LogP contribution < -0.4 is 5.32 Å². The minimum Gasteiger partial charge on any atom is -0.334 e. The summed E-state index contributed by atoms with van der Waals surface area (Å²) in [5.74, 6) is 2.45. The van der Waals surface area contributed by atoms with Gasteiger partial charge in [-0.1, -0.05) is 38.0 Å². The van der Waals surface area contributed by atoms with Crippen molar-refractivity contribution in [3.8, 4) is 12.3 Å². The van der Waals surface area contributed by atoms with E-state index in [4.69, 9.17) is 6.42 Å². The number of rotatable bonds is 4. The highest BCUT2D eigenvalue weighted by Gasteiger charge is 2.27. The smallest absolute Gasteiger partial charge is 0.273 e. The summed E-state index contributed by atoms with van der Waals surface area (Å²) in [5.41, 5.74) is 0.626. The molecule has 0 aliphatic heterocycles. The molecule has 0 aliphatic rings. The van der Waals surface area contributed by atoms with Crippen molar-refractivity contribution in [3.05, 3.63) is 30.0 Å². The molecule has 0 atom stereocenters. The molecule has 1 aromatic carbocycles. The Hall–Kier alpha value is -2.28. The SMILES string of the molecule is C#CC(CC)(CC)NC(=O)c1n[nH]c2ccccc12. The molecule has 2 N–H and O–H groups in total. The second kappa shape index (κ2) is 5.15. The topological polar surface area (TPSA) is 57.8 Å². The summed E-state index contributed by atoms with van der Waals surface area (Å²) in [6.45, 7) is 3.93. The Bertz CT molecular complexity index is 632. The highest BCUT2D eigenvalue weighted by Crippen LogP contribution is 2.18. The van der Waals surface area contributed by atoms with E-state index in [1.807, 2.05) is 38.1 Å². The van der Waals surface area contributed by atoms with Crippen LogP contribution in [0, 0.1) is 12.3 Å². The summed E-state index contributed by atoms with van der Waals surface area (Å²) in [6, 6.07) is 7.52. The lowest BCUT2D eigenvalue weighted by Gasteiger charge is -2.26. The van der Waals surface area contributed by atoms with Crippen molar-refractivity contribution in [2.75, 3.05) is 0 Å². The molecule has 4 heteroatoms. The first kappa shape index (κ1) is 13.2. The molecule has 4 nitrogen and oxygen atoms in total. The van der Waals surface area contributed by atoms with E-state index in [-0.39, 0.29) is 5.91 Å². The van der Waals surface area contributed by atoms with E-state index < -0.39 is 5.54 Å². The van der Waals surface area contributed by atoms with Gasteiger partial charge >= 0.3 is 0 Å². The lowest BCUT2D eigenvalue weighted by molar-refractivity contribution is 0.0913. The molecule has 1 heterocycles. The fourth-order valence-corrected chi connectivity index (χ4v) is 2.08. The number of amides is 1. The van der Waals surface area contributed by atoms with Gasteiger partial charge in [0.1, 0.15) is 5.54 Å². The molecule has 98 valence electrons. The molecule has 2 rings (SSSR count). The number of nitrogens with one attached hydrogen (secondary N) is 2. The number of fused-ring (bicyclic) bond motifs is 1. The fourth-order valence-electron chi connectivity index (χ4n) is 2.08. The molecule has 0 spiro atoms. The van der Waals surface area contributed by atoms with Crippen LogP contribution in [-0.4, -0.2) is 21.6 Å². The number of aromatic nitrogens is 2. The molecule has 1 aromatic heterocycles. The van der Waals surface area contributed by atoms with E-state index in [1.54, 1.807) is 0 Å². The zero-order valence-corrected chi connectivity index (χ0v) is 11.2. The summed E-state index contributed by atoms with van der Waals surface area (Å²) >= 11 is 0. The number of benzene rings is 1. The van der Waals surface area contributed by atoms with Crippen LogP contribution in [0.3, 0.4) is 0 Å². The first-order valence-electron chi connectivity index (χ1n) is 6.39. The van der Waals surface area contributed by atoms with Crippen LogP contribution in [0.25, 0.3) is 10.9 Å². The zero-order chi connectivity index (χ0) is 13.9. The first-order chi connectivity index (χ1) is 9.15. The lowest BCUT2D eigenvalue weighted by Crippen LogP contribution is -2.46. The Morgan fingerprint density at radius 1 is 1.42 bits per heavy atom. The minimum absolute atomic E-state index is 0.237. The molecule has 0 fully saturated rings. The molecule has 0 saturated carbocycles. The van der Waals surface area contributed by atoms with E-state index in [0.717, 1.165) is 10.9 Å². The normalized spacial score (nSPS) is 11.2. The van der Waals surface area contributed by atoms with E-state index in [2.05, 4.69) is 21.4 Å². The van der Waals surface area contributed by atoms with Crippen molar-refractivity contribution in [2.45, 2.75) is 32.2 Å². The van der Waals surface area contributed by atoms with Gasteiger partial charge in [0.2, 0.25) is 0 Å². The third-order valence-corrected chi connectivity index (χ3v) is 3.52. The van der Waals surface area contributed by atoms with Gasteiger partial charge in [0.25, 0.3) is 5.91 Å². The molecule has 0 bridgehead atoms. The maximum absolute atomic E-state index is 12.3. The van der Waals surface area contributed by atoms with Crippen molar-refractivity contribution < 1.29 is 4.79 Å². The summed E-state index contributed by atoms with van der Waals surface area (Å²) in [7, 11) is 0. The largest absolute Gasteiger partial charge is 0.334 e. The highest BCUT2D eigenvalue weighted by atomic mass is 16.2. The number of H-pyrrole nitrogens is 1. The van der Waals surface area contributed by atoms with Gasteiger partial charge in [-0.25, -0.2) is 0 Å². The van der Waals surface area contributed by atoms with E-state index in [0.29, 0.717) is 18.5 Å². The molecule has 0 aliphatic carbocycles. The van der Waals surface area contributed by atoms with Crippen LogP contribution >= 0.6 is 0 Å². The number of para-hydroxylation sites is 1. The van der Waals surface area contributed by atoms with Crippen molar-refractivity contribution >= 4 is 16.8 Å². The average Bonchev–Trinajstić information content (AvgIpc) is 2.89. The van der Waals surface area contributed by atoms with Crippen LogP contribution in [0.1, 0.15) is 37.2 Å². The summed E-state index contributed by atoms with van der Waals surface area (Å²) in [6.07, 6.45) is 6.93. The van der Waals surface area contributed by atoms with Crippen molar-refractivity contribution in [1.82, 2.24) is 15.5 Å². The summed E-state index contributed by atoms with van der Waals surface area (Å²) in [5, 5.41) is 10.6. The number of nitrogens with zero attached hydrogens (tertiary/aromatic N) is 1. The third kappa shape index (κ3) is 2.32. The molecule has 19 heavy (non-hydrogen) atoms. The van der Waals surface area contributed by atoms with Crippen molar-refractivity contribution in [2.24, 2.45) is 0 Å². The van der Waals surface area contributed by atoms with Crippen LogP contribution in [0.15, 0.2) is 24.3 Å². The van der Waals surface area contributed by atoms with Gasteiger partial charge in [0.15, 0.2) is 5.69 Å². The monoisotopic (exact) mass is 255 g/mol. The van der Waals surface area contributed by atoms with Gasteiger partial charge < -0.3 is 5.32 Å². The molecular formula is C15H17N3O. The first-order valence-corrected chi connectivity index (χ1v) is 6.39. The summed E-state index contributed by atoms with van der Waals surface area (Å²) in [4.78, 5) is 12.3. The molecule has 1 amide bonds. The minimum atomic E-state index is -0.600. The fraction of sp³-hybridized carbons (Fsp3) is 0.333. The molecule has 0 saturated heterocycles. The maximum Gasteiger partial charge on any atom is 0.273 e. The molecular weight excluding hydrogens is 238 g/mol. The lowest BCUT2D eigenvalue weighted by atomic mass is 9.93. The van der Waals surface area contributed by atoms with Crippen LogP contribution in [-0.2, 0) is 0 Å². The third-order valence-electron chi connectivity index (χ3n) is 3.52. The van der Waals surface area contributed by atoms with Gasteiger partial charge in [-0.05, 0) is 18.9 Å². The van der Waals surface area contributed by atoms with Crippen LogP contribution in [0.2, 0.25) is 0 Å². The standard InChI is InChI=1S/C15H17N3O/c1-4-15(5-2,6-3)16-14(19)13-11-9-7-8-10-12(11)17-18-13/h1,7-10H,5-6H2,2-3H3,(H,16,19)(H,17,18). The summed E-state index contributed by atoms with van der Waals surface area (Å²) < 4.78 is 0. The number of terminal acetylenes is 1.